The van der Waals surface area contributed by atoms with Crippen LogP contribution >= 0.6 is 0 Å². The fraction of sp³-hybridized carbons (Fsp3) is 0.500. The molecule has 1 unspecified atom stereocenters. The summed E-state index contributed by atoms with van der Waals surface area (Å²) in [5.74, 6) is 0.418. The summed E-state index contributed by atoms with van der Waals surface area (Å²) in [6.45, 7) is 8.57. The molecular weight excluding hydrogens is 528 g/mol. The fourth-order valence-electron chi connectivity index (χ4n) is 6.82. The number of anilines is 1. The Labute approximate surface area is 248 Å². The summed E-state index contributed by atoms with van der Waals surface area (Å²) in [7, 11) is 0. The number of carbonyl (C=O) groups is 1. The summed E-state index contributed by atoms with van der Waals surface area (Å²) in [6.07, 6.45) is 7.61. The number of hydrogen-bond donors (Lipinski definition) is 3. The number of benzene rings is 2. The number of H-pyrrole nitrogens is 1. The van der Waals surface area contributed by atoms with Gasteiger partial charge in [0.05, 0.1) is 24.9 Å². The summed E-state index contributed by atoms with van der Waals surface area (Å²) in [5.41, 5.74) is 4.81. The number of fused-ring (bicyclic) bond motifs is 1. The average Bonchev–Trinajstić information content (AvgIpc) is 3.44. The zero-order valence-electron chi connectivity index (χ0n) is 24.7. The first-order valence-electron chi connectivity index (χ1n) is 15.5. The molecule has 3 aromatic rings. The van der Waals surface area contributed by atoms with Gasteiger partial charge in [-0.2, -0.15) is 0 Å². The molecule has 1 aromatic heterocycles. The van der Waals surface area contributed by atoms with Gasteiger partial charge in [-0.1, -0.05) is 29.8 Å². The molecule has 3 N–H and O–H groups in total. The van der Waals surface area contributed by atoms with Crippen LogP contribution in [0, 0.1) is 6.92 Å². The largest absolute Gasteiger partial charge is 0.389 e. The van der Waals surface area contributed by atoms with E-state index in [-0.39, 0.29) is 5.91 Å². The molecule has 2 aromatic carbocycles. The Kier molecular flexibility index (Phi) is 8.67. The van der Waals surface area contributed by atoms with Gasteiger partial charge in [0.1, 0.15) is 0 Å². The number of rotatable bonds is 7. The molecule has 4 heterocycles. The van der Waals surface area contributed by atoms with E-state index in [0.717, 1.165) is 63.4 Å². The molecular formula is C34H44N4O4. The van der Waals surface area contributed by atoms with Crippen LogP contribution in [0.1, 0.15) is 48.3 Å². The van der Waals surface area contributed by atoms with Crippen molar-refractivity contribution >= 4 is 28.6 Å². The first-order chi connectivity index (χ1) is 20.4. The maximum absolute atomic E-state index is 12.7. The Morgan fingerprint density at radius 3 is 2.57 bits per heavy atom. The van der Waals surface area contributed by atoms with Crippen molar-refractivity contribution in [2.75, 3.05) is 63.9 Å². The minimum atomic E-state index is -1.17. The van der Waals surface area contributed by atoms with E-state index >= 15 is 0 Å². The number of likely N-dealkylation sites (tertiary alicyclic amines) is 2. The number of morpholine rings is 1. The standard InChI is InChI=1S/C34H44N4O4/c1-25-3-2-4-26(21-25)5-8-33(40)38-15-11-34(41,12-16-38)32(39)24-36-13-9-27(10-14-36)30-23-35-31-7-6-28(22-29(30)31)37-17-19-42-20-18-37/h2-8,21-23,27,32,35,39,41H,9-20,24H2,1H3. The molecule has 3 aliphatic rings. The van der Waals surface area contributed by atoms with Crippen molar-refractivity contribution in [3.8, 4) is 0 Å². The number of ether oxygens (including phenoxy) is 1. The summed E-state index contributed by atoms with van der Waals surface area (Å²) >= 11 is 0. The SMILES string of the molecule is Cc1cccc(C=CC(=O)N2CCC(O)(C(O)CN3CCC(c4c[nH]c5ccc(N6CCOCC6)cc45)CC3)CC2)c1. The number of aromatic amines is 1. The van der Waals surface area contributed by atoms with Crippen LogP contribution in [0.25, 0.3) is 17.0 Å². The van der Waals surface area contributed by atoms with Crippen molar-refractivity contribution in [1.82, 2.24) is 14.8 Å². The van der Waals surface area contributed by atoms with Gasteiger partial charge < -0.3 is 34.6 Å². The van der Waals surface area contributed by atoms with Gasteiger partial charge in [-0.25, -0.2) is 0 Å². The van der Waals surface area contributed by atoms with Gasteiger partial charge in [0.25, 0.3) is 0 Å². The third-order valence-corrected chi connectivity index (χ3v) is 9.55. The highest BCUT2D eigenvalue weighted by Crippen LogP contribution is 2.36. The van der Waals surface area contributed by atoms with Gasteiger partial charge in [-0.3, -0.25) is 4.79 Å². The van der Waals surface area contributed by atoms with Gasteiger partial charge in [0.2, 0.25) is 5.91 Å². The zero-order chi connectivity index (χ0) is 29.1. The number of carbonyl (C=O) groups excluding carboxylic acids is 1. The second-order valence-corrected chi connectivity index (χ2v) is 12.3. The number of aromatic nitrogens is 1. The molecule has 8 heteroatoms. The van der Waals surface area contributed by atoms with Crippen LogP contribution in [0.3, 0.4) is 0 Å². The van der Waals surface area contributed by atoms with E-state index in [1.54, 1.807) is 11.0 Å². The number of piperidine rings is 2. The van der Waals surface area contributed by atoms with E-state index in [1.807, 2.05) is 37.3 Å². The number of amides is 1. The van der Waals surface area contributed by atoms with Gasteiger partial charge >= 0.3 is 0 Å². The van der Waals surface area contributed by atoms with Crippen molar-refractivity contribution in [3.63, 3.8) is 0 Å². The number of hydrogen-bond acceptors (Lipinski definition) is 6. The topological polar surface area (TPSA) is 92.3 Å². The third kappa shape index (κ3) is 6.42. The van der Waals surface area contributed by atoms with E-state index in [0.29, 0.717) is 38.4 Å². The molecule has 0 radical (unpaired) electrons. The van der Waals surface area contributed by atoms with Crippen molar-refractivity contribution < 1.29 is 19.7 Å². The Balaban J connectivity index is 0.997. The maximum Gasteiger partial charge on any atom is 0.246 e. The number of nitrogens with zero attached hydrogens (tertiary/aromatic N) is 3. The number of aryl methyl sites for hydroxylation is 1. The summed E-state index contributed by atoms with van der Waals surface area (Å²) in [6, 6.07) is 14.8. The molecule has 3 fully saturated rings. The molecule has 1 amide bonds. The number of β-amino-alcohol motifs (C(OH)–C–C–N with tert-alkyl or cyclic N) is 1. The number of aliphatic hydroxyl groups is 2. The lowest BCUT2D eigenvalue weighted by Gasteiger charge is -2.43. The highest BCUT2D eigenvalue weighted by atomic mass is 16.5. The summed E-state index contributed by atoms with van der Waals surface area (Å²) < 4.78 is 5.53. The summed E-state index contributed by atoms with van der Waals surface area (Å²) in [4.78, 5) is 22.7. The Hall–Kier alpha value is -3.17. The molecule has 8 nitrogen and oxygen atoms in total. The monoisotopic (exact) mass is 572 g/mol. The van der Waals surface area contributed by atoms with Crippen LogP contribution in [0.2, 0.25) is 0 Å². The number of aliphatic hydroxyl groups excluding tert-OH is 1. The maximum atomic E-state index is 12.7. The van der Waals surface area contributed by atoms with Gasteiger partial charge in [-0.15, -0.1) is 0 Å². The van der Waals surface area contributed by atoms with Crippen LogP contribution in [0.4, 0.5) is 5.69 Å². The van der Waals surface area contributed by atoms with Crippen molar-refractivity contribution in [2.45, 2.75) is 50.2 Å². The molecule has 0 aliphatic carbocycles. The zero-order valence-corrected chi connectivity index (χ0v) is 24.7. The Morgan fingerprint density at radius 1 is 1.07 bits per heavy atom. The first-order valence-corrected chi connectivity index (χ1v) is 15.5. The molecule has 0 saturated carbocycles. The molecule has 3 saturated heterocycles. The minimum absolute atomic E-state index is 0.0514. The predicted octanol–water partition coefficient (Wildman–Crippen LogP) is 3.92. The van der Waals surface area contributed by atoms with E-state index in [2.05, 4.69) is 39.2 Å². The fourth-order valence-corrected chi connectivity index (χ4v) is 6.82. The van der Waals surface area contributed by atoms with Crippen LogP contribution in [-0.4, -0.2) is 102 Å². The Morgan fingerprint density at radius 2 is 1.83 bits per heavy atom. The lowest BCUT2D eigenvalue weighted by atomic mass is 9.84. The predicted molar refractivity (Wildman–Crippen MR) is 167 cm³/mol. The van der Waals surface area contributed by atoms with E-state index in [4.69, 9.17) is 4.74 Å². The average molecular weight is 573 g/mol. The highest BCUT2D eigenvalue weighted by Gasteiger charge is 2.40. The molecule has 1 atom stereocenters. The molecule has 0 bridgehead atoms. The smallest absolute Gasteiger partial charge is 0.246 e. The molecule has 6 rings (SSSR count). The second-order valence-electron chi connectivity index (χ2n) is 12.3. The van der Waals surface area contributed by atoms with Crippen molar-refractivity contribution in [1.29, 1.82) is 0 Å². The quantitative estimate of drug-likeness (QED) is 0.372. The normalized spacial score (nSPS) is 21.3. The van der Waals surface area contributed by atoms with E-state index in [9.17, 15) is 15.0 Å². The van der Waals surface area contributed by atoms with Gasteiger partial charge in [-0.05, 0) is 87.0 Å². The molecule has 0 spiro atoms. The van der Waals surface area contributed by atoms with Crippen molar-refractivity contribution in [3.05, 3.63) is 71.4 Å². The van der Waals surface area contributed by atoms with Crippen LogP contribution in [0.5, 0.6) is 0 Å². The van der Waals surface area contributed by atoms with E-state index in [1.165, 1.54) is 22.2 Å². The summed E-state index contributed by atoms with van der Waals surface area (Å²) in [5, 5.41) is 23.7. The molecule has 3 aliphatic heterocycles. The van der Waals surface area contributed by atoms with Crippen molar-refractivity contribution in [2.24, 2.45) is 0 Å². The van der Waals surface area contributed by atoms with Gasteiger partial charge in [0, 0.05) is 61.6 Å². The second kappa shape index (κ2) is 12.6. The van der Waals surface area contributed by atoms with Crippen LogP contribution < -0.4 is 4.90 Å². The van der Waals surface area contributed by atoms with Gasteiger partial charge in [0.15, 0.2) is 0 Å². The third-order valence-electron chi connectivity index (χ3n) is 9.55. The van der Waals surface area contributed by atoms with Crippen LogP contribution in [-0.2, 0) is 9.53 Å². The highest BCUT2D eigenvalue weighted by molar-refractivity contribution is 5.92. The minimum Gasteiger partial charge on any atom is -0.389 e. The molecule has 42 heavy (non-hydrogen) atoms. The van der Waals surface area contributed by atoms with Crippen LogP contribution in [0.15, 0.2) is 54.7 Å². The lowest BCUT2D eigenvalue weighted by Crippen LogP contribution is -2.56. The van der Waals surface area contributed by atoms with E-state index < -0.39 is 11.7 Å². The Bertz CT molecular complexity index is 1400. The first kappa shape index (κ1) is 28.9. The lowest BCUT2D eigenvalue weighted by molar-refractivity contribution is -0.140. The molecule has 224 valence electrons. The number of nitrogens with one attached hydrogen (secondary N) is 1.